The van der Waals surface area contributed by atoms with Crippen LogP contribution in [0, 0.1) is 0 Å². The molecule has 1 atom stereocenters. The maximum atomic E-state index is 11.7. The minimum atomic E-state index is -0.866. The van der Waals surface area contributed by atoms with Crippen LogP contribution in [-0.4, -0.2) is 58.5 Å². The van der Waals surface area contributed by atoms with E-state index in [4.69, 9.17) is 5.11 Å². The zero-order chi connectivity index (χ0) is 11.0. The molecule has 1 saturated carbocycles. The van der Waals surface area contributed by atoms with Crippen molar-refractivity contribution in [2.75, 3.05) is 19.6 Å². The first kappa shape index (κ1) is 10.4. The van der Waals surface area contributed by atoms with Crippen LogP contribution in [0.5, 0.6) is 0 Å². The first-order valence-electron chi connectivity index (χ1n) is 5.33. The number of amides is 1. The van der Waals surface area contributed by atoms with Crippen LogP contribution in [0.2, 0.25) is 0 Å². The van der Waals surface area contributed by atoms with Gasteiger partial charge in [-0.1, -0.05) is 0 Å². The Bertz CT molecular complexity index is 288. The molecule has 0 radical (unpaired) electrons. The van der Waals surface area contributed by atoms with Crippen molar-refractivity contribution in [2.24, 2.45) is 0 Å². The summed E-state index contributed by atoms with van der Waals surface area (Å²) >= 11 is 0. The Morgan fingerprint density at radius 2 is 2.20 bits per heavy atom. The molecule has 2 fully saturated rings. The average Bonchev–Trinajstić information content (AvgIpc) is 2.93. The van der Waals surface area contributed by atoms with Gasteiger partial charge < -0.3 is 10.0 Å². The van der Waals surface area contributed by atoms with Crippen molar-refractivity contribution in [2.45, 2.75) is 31.8 Å². The van der Waals surface area contributed by atoms with Crippen LogP contribution in [0.15, 0.2) is 0 Å². The van der Waals surface area contributed by atoms with E-state index in [1.54, 1.807) is 4.90 Å². The molecule has 1 amide bonds. The van der Waals surface area contributed by atoms with E-state index in [9.17, 15) is 9.59 Å². The average molecular weight is 212 g/mol. The van der Waals surface area contributed by atoms with Crippen LogP contribution in [0.1, 0.15) is 19.8 Å². The van der Waals surface area contributed by atoms with E-state index in [2.05, 4.69) is 0 Å². The SMILES string of the molecule is CC1CN(C2CC2)C(=O)CN1CC(=O)O. The first-order chi connectivity index (χ1) is 7.08. The van der Waals surface area contributed by atoms with Crippen molar-refractivity contribution < 1.29 is 14.7 Å². The molecular formula is C10H16N2O3. The second kappa shape index (κ2) is 3.81. The Hall–Kier alpha value is -1.10. The largest absolute Gasteiger partial charge is 0.480 e. The number of carbonyl (C=O) groups is 2. The predicted octanol–water partition coefficient (Wildman–Crippen LogP) is -0.234. The Labute approximate surface area is 88.6 Å². The van der Waals surface area contributed by atoms with Crippen molar-refractivity contribution in [3.8, 4) is 0 Å². The van der Waals surface area contributed by atoms with Crippen LogP contribution in [0.3, 0.4) is 0 Å². The van der Waals surface area contributed by atoms with Crippen molar-refractivity contribution in [3.05, 3.63) is 0 Å². The summed E-state index contributed by atoms with van der Waals surface area (Å²) in [7, 11) is 0. The van der Waals surface area contributed by atoms with Gasteiger partial charge in [0.15, 0.2) is 0 Å². The smallest absolute Gasteiger partial charge is 0.317 e. The molecule has 2 rings (SSSR count). The number of nitrogens with zero attached hydrogens (tertiary/aromatic N) is 2. The fourth-order valence-corrected chi connectivity index (χ4v) is 2.05. The maximum absolute atomic E-state index is 11.7. The molecule has 1 aliphatic carbocycles. The Morgan fingerprint density at radius 1 is 1.53 bits per heavy atom. The highest BCUT2D eigenvalue weighted by atomic mass is 16.4. The lowest BCUT2D eigenvalue weighted by molar-refractivity contribution is -0.144. The minimum absolute atomic E-state index is 0.0363. The summed E-state index contributed by atoms with van der Waals surface area (Å²) in [5.74, 6) is -0.786. The molecule has 0 aromatic rings. The highest BCUT2D eigenvalue weighted by Crippen LogP contribution is 2.29. The topological polar surface area (TPSA) is 60.9 Å². The highest BCUT2D eigenvalue weighted by Gasteiger charge is 2.38. The first-order valence-corrected chi connectivity index (χ1v) is 5.33. The van der Waals surface area contributed by atoms with Gasteiger partial charge in [-0.15, -0.1) is 0 Å². The summed E-state index contributed by atoms with van der Waals surface area (Å²) in [6, 6.07) is 0.589. The van der Waals surface area contributed by atoms with Gasteiger partial charge in [-0.05, 0) is 19.8 Å². The van der Waals surface area contributed by atoms with Gasteiger partial charge in [0.25, 0.3) is 0 Å². The summed E-state index contributed by atoms with van der Waals surface area (Å²) in [4.78, 5) is 25.9. The molecule has 1 unspecified atom stereocenters. The number of hydrogen-bond acceptors (Lipinski definition) is 3. The molecule has 1 N–H and O–H groups in total. The number of carboxylic acids is 1. The Balaban J connectivity index is 1.96. The monoisotopic (exact) mass is 212 g/mol. The zero-order valence-corrected chi connectivity index (χ0v) is 8.85. The van der Waals surface area contributed by atoms with Crippen molar-refractivity contribution >= 4 is 11.9 Å². The fourth-order valence-electron chi connectivity index (χ4n) is 2.05. The van der Waals surface area contributed by atoms with Gasteiger partial charge in [-0.2, -0.15) is 0 Å². The number of piperazine rings is 1. The molecule has 5 heteroatoms. The summed E-state index contributed by atoms with van der Waals surface area (Å²) in [5.41, 5.74) is 0. The van der Waals surface area contributed by atoms with E-state index in [0.29, 0.717) is 12.6 Å². The molecule has 1 heterocycles. The lowest BCUT2D eigenvalue weighted by atomic mass is 10.2. The van der Waals surface area contributed by atoms with Gasteiger partial charge in [0.05, 0.1) is 13.1 Å². The van der Waals surface area contributed by atoms with E-state index in [-0.39, 0.29) is 25.0 Å². The normalized spacial score (nSPS) is 28.2. The lowest BCUT2D eigenvalue weighted by Crippen LogP contribution is -2.56. The third-order valence-electron chi connectivity index (χ3n) is 3.07. The predicted molar refractivity (Wildman–Crippen MR) is 53.4 cm³/mol. The van der Waals surface area contributed by atoms with E-state index < -0.39 is 5.97 Å². The molecule has 2 aliphatic rings. The van der Waals surface area contributed by atoms with Crippen LogP contribution >= 0.6 is 0 Å². The standard InChI is InChI=1S/C10H16N2O3/c1-7-4-12(8-2-3-8)9(13)5-11(7)6-10(14)15/h7-8H,2-6H2,1H3,(H,14,15). The zero-order valence-electron chi connectivity index (χ0n) is 8.85. The van der Waals surface area contributed by atoms with Gasteiger partial charge in [-0.25, -0.2) is 0 Å². The van der Waals surface area contributed by atoms with Crippen molar-refractivity contribution in [3.63, 3.8) is 0 Å². The second-order valence-electron chi connectivity index (χ2n) is 4.43. The van der Waals surface area contributed by atoms with E-state index in [1.807, 2.05) is 11.8 Å². The molecule has 0 spiro atoms. The van der Waals surface area contributed by atoms with Crippen molar-refractivity contribution in [1.82, 2.24) is 9.80 Å². The van der Waals surface area contributed by atoms with Crippen molar-refractivity contribution in [1.29, 1.82) is 0 Å². The van der Waals surface area contributed by atoms with Gasteiger partial charge in [0.2, 0.25) is 5.91 Å². The highest BCUT2D eigenvalue weighted by molar-refractivity contribution is 5.80. The van der Waals surface area contributed by atoms with Crippen LogP contribution in [0.4, 0.5) is 0 Å². The third kappa shape index (κ3) is 2.28. The molecule has 5 nitrogen and oxygen atoms in total. The van der Waals surface area contributed by atoms with Crippen LogP contribution < -0.4 is 0 Å². The van der Waals surface area contributed by atoms with E-state index >= 15 is 0 Å². The summed E-state index contributed by atoms with van der Waals surface area (Å²) in [5, 5.41) is 8.69. The molecule has 1 saturated heterocycles. The number of carboxylic acid groups (broad SMARTS) is 1. The van der Waals surface area contributed by atoms with Gasteiger partial charge in [-0.3, -0.25) is 14.5 Å². The molecule has 15 heavy (non-hydrogen) atoms. The maximum Gasteiger partial charge on any atom is 0.317 e. The third-order valence-corrected chi connectivity index (χ3v) is 3.07. The number of carbonyl (C=O) groups excluding carboxylic acids is 1. The molecule has 0 aromatic carbocycles. The minimum Gasteiger partial charge on any atom is -0.480 e. The van der Waals surface area contributed by atoms with E-state index in [0.717, 1.165) is 12.8 Å². The number of aliphatic carboxylic acids is 1. The molecule has 0 bridgehead atoms. The second-order valence-corrected chi connectivity index (χ2v) is 4.43. The van der Waals surface area contributed by atoms with Gasteiger partial charge in [0, 0.05) is 18.6 Å². The van der Waals surface area contributed by atoms with Gasteiger partial charge in [0.1, 0.15) is 0 Å². The Morgan fingerprint density at radius 3 is 2.73 bits per heavy atom. The van der Waals surface area contributed by atoms with Gasteiger partial charge >= 0.3 is 5.97 Å². The quantitative estimate of drug-likeness (QED) is 0.701. The summed E-state index contributed by atoms with van der Waals surface area (Å²) < 4.78 is 0. The van der Waals surface area contributed by atoms with Crippen LogP contribution in [-0.2, 0) is 9.59 Å². The van der Waals surface area contributed by atoms with E-state index in [1.165, 1.54) is 0 Å². The lowest BCUT2D eigenvalue weighted by Gasteiger charge is -2.38. The summed E-state index contributed by atoms with van der Waals surface area (Å²) in [6.07, 6.45) is 2.22. The number of hydrogen-bond donors (Lipinski definition) is 1. The molecule has 0 aromatic heterocycles. The summed E-state index contributed by atoms with van der Waals surface area (Å²) in [6.45, 7) is 2.87. The fraction of sp³-hybridized carbons (Fsp3) is 0.800. The Kier molecular flexibility index (Phi) is 2.65. The van der Waals surface area contributed by atoms with Crippen LogP contribution in [0.25, 0.3) is 0 Å². The molecular weight excluding hydrogens is 196 g/mol. The number of rotatable bonds is 3. The molecule has 1 aliphatic heterocycles. The molecule has 84 valence electrons.